The predicted molar refractivity (Wildman–Crippen MR) is 79.7 cm³/mol. The van der Waals surface area contributed by atoms with Gasteiger partial charge in [0.25, 0.3) is 0 Å². The number of likely N-dealkylation sites (tertiary alicyclic amines) is 1. The first kappa shape index (κ1) is 14.4. The largest absolute Gasteiger partial charge is 0.325 e. The Labute approximate surface area is 119 Å². The van der Waals surface area contributed by atoms with Crippen LogP contribution < -0.4 is 5.32 Å². The number of hydrogen-bond donors (Lipinski definition) is 1. The third-order valence-corrected chi connectivity index (χ3v) is 4.00. The highest BCUT2D eigenvalue weighted by Crippen LogP contribution is 2.21. The molecule has 1 N–H and O–H groups in total. The molecule has 0 radical (unpaired) electrons. The number of anilines is 1. The van der Waals surface area contributed by atoms with Gasteiger partial charge >= 0.3 is 0 Å². The number of rotatable bonds is 3. The van der Waals surface area contributed by atoms with E-state index in [0.29, 0.717) is 17.6 Å². The molecule has 0 aliphatic carbocycles. The fraction of sp³-hybridized carbons (Fsp3) is 0.533. The summed E-state index contributed by atoms with van der Waals surface area (Å²) in [4.78, 5) is 14.3. The Morgan fingerprint density at radius 1 is 1.47 bits per heavy atom. The SMILES string of the molecule is Cc1ccc(Cl)cc1NC(=O)CN1CCCCC1C. The summed E-state index contributed by atoms with van der Waals surface area (Å²) >= 11 is 5.95. The lowest BCUT2D eigenvalue weighted by molar-refractivity contribution is -0.118. The molecule has 0 saturated carbocycles. The Balaban J connectivity index is 1.95. The van der Waals surface area contributed by atoms with E-state index in [9.17, 15) is 4.79 Å². The highest BCUT2D eigenvalue weighted by molar-refractivity contribution is 6.31. The highest BCUT2D eigenvalue weighted by atomic mass is 35.5. The van der Waals surface area contributed by atoms with Crippen LogP contribution in [0.3, 0.4) is 0 Å². The van der Waals surface area contributed by atoms with Crippen LogP contribution in [0.1, 0.15) is 31.7 Å². The molecule has 0 bridgehead atoms. The van der Waals surface area contributed by atoms with Gasteiger partial charge < -0.3 is 5.32 Å². The fourth-order valence-electron chi connectivity index (χ4n) is 2.50. The molecule has 2 rings (SSSR count). The molecule has 4 heteroatoms. The van der Waals surface area contributed by atoms with Crippen molar-refractivity contribution < 1.29 is 4.79 Å². The van der Waals surface area contributed by atoms with Gasteiger partial charge in [0, 0.05) is 16.8 Å². The molecule has 1 fully saturated rings. The van der Waals surface area contributed by atoms with Crippen LogP contribution in [0.15, 0.2) is 18.2 Å². The first-order valence-corrected chi connectivity index (χ1v) is 7.24. The molecule has 1 unspecified atom stereocenters. The average molecular weight is 281 g/mol. The Hall–Kier alpha value is -1.06. The van der Waals surface area contributed by atoms with Crippen molar-refractivity contribution in [2.75, 3.05) is 18.4 Å². The fourth-order valence-corrected chi connectivity index (χ4v) is 2.67. The molecule has 1 aromatic carbocycles. The van der Waals surface area contributed by atoms with Crippen LogP contribution in [0.4, 0.5) is 5.69 Å². The van der Waals surface area contributed by atoms with Gasteiger partial charge in [-0.3, -0.25) is 9.69 Å². The second kappa shape index (κ2) is 6.40. The van der Waals surface area contributed by atoms with Crippen molar-refractivity contribution in [1.82, 2.24) is 4.90 Å². The van der Waals surface area contributed by atoms with E-state index < -0.39 is 0 Å². The summed E-state index contributed by atoms with van der Waals surface area (Å²) in [6.07, 6.45) is 3.64. The first-order valence-electron chi connectivity index (χ1n) is 6.86. The second-order valence-electron chi connectivity index (χ2n) is 5.32. The van der Waals surface area contributed by atoms with Crippen molar-refractivity contribution in [2.24, 2.45) is 0 Å². The van der Waals surface area contributed by atoms with E-state index in [1.165, 1.54) is 19.3 Å². The van der Waals surface area contributed by atoms with E-state index in [2.05, 4.69) is 17.1 Å². The maximum atomic E-state index is 12.1. The van der Waals surface area contributed by atoms with E-state index in [1.54, 1.807) is 6.07 Å². The molecule has 19 heavy (non-hydrogen) atoms. The number of carbonyl (C=O) groups is 1. The van der Waals surface area contributed by atoms with E-state index in [-0.39, 0.29) is 5.91 Å². The zero-order valence-corrected chi connectivity index (χ0v) is 12.3. The molecule has 104 valence electrons. The van der Waals surface area contributed by atoms with Crippen molar-refractivity contribution in [2.45, 2.75) is 39.2 Å². The Morgan fingerprint density at radius 3 is 3.00 bits per heavy atom. The van der Waals surface area contributed by atoms with Gasteiger partial charge in [0.1, 0.15) is 0 Å². The van der Waals surface area contributed by atoms with Gasteiger partial charge in [-0.05, 0) is 50.9 Å². The Morgan fingerprint density at radius 2 is 2.26 bits per heavy atom. The van der Waals surface area contributed by atoms with Crippen molar-refractivity contribution in [3.63, 3.8) is 0 Å². The van der Waals surface area contributed by atoms with Crippen LogP contribution in [0.25, 0.3) is 0 Å². The molecule has 0 spiro atoms. The van der Waals surface area contributed by atoms with Crippen LogP contribution >= 0.6 is 11.6 Å². The van der Waals surface area contributed by atoms with Gasteiger partial charge in [0.05, 0.1) is 6.54 Å². The zero-order valence-electron chi connectivity index (χ0n) is 11.6. The number of nitrogens with zero attached hydrogens (tertiary/aromatic N) is 1. The van der Waals surface area contributed by atoms with Crippen LogP contribution in [-0.4, -0.2) is 29.9 Å². The van der Waals surface area contributed by atoms with Gasteiger partial charge in [-0.2, -0.15) is 0 Å². The van der Waals surface area contributed by atoms with Gasteiger partial charge in [0.2, 0.25) is 5.91 Å². The van der Waals surface area contributed by atoms with Crippen LogP contribution in [0.2, 0.25) is 5.02 Å². The second-order valence-corrected chi connectivity index (χ2v) is 5.76. The molecule has 1 atom stereocenters. The molecule has 1 aliphatic heterocycles. The molecule has 1 aromatic rings. The van der Waals surface area contributed by atoms with E-state index in [4.69, 9.17) is 11.6 Å². The lowest BCUT2D eigenvalue weighted by Crippen LogP contribution is -2.42. The number of aryl methyl sites for hydroxylation is 1. The van der Waals surface area contributed by atoms with Crippen molar-refractivity contribution >= 4 is 23.2 Å². The average Bonchev–Trinajstić information content (AvgIpc) is 2.37. The van der Waals surface area contributed by atoms with Crippen LogP contribution in [0, 0.1) is 6.92 Å². The number of benzene rings is 1. The summed E-state index contributed by atoms with van der Waals surface area (Å²) in [5.41, 5.74) is 1.84. The number of hydrogen-bond acceptors (Lipinski definition) is 2. The molecular formula is C15H21ClN2O. The standard InChI is InChI=1S/C15H21ClN2O/c1-11-6-7-13(16)9-14(11)17-15(19)10-18-8-4-3-5-12(18)2/h6-7,9,12H,3-5,8,10H2,1-2H3,(H,17,19). The Bertz CT molecular complexity index is 461. The van der Waals surface area contributed by atoms with E-state index in [0.717, 1.165) is 17.8 Å². The normalized spacial score (nSPS) is 20.3. The van der Waals surface area contributed by atoms with Crippen LogP contribution in [0.5, 0.6) is 0 Å². The summed E-state index contributed by atoms with van der Waals surface area (Å²) in [6, 6.07) is 6.05. The monoisotopic (exact) mass is 280 g/mol. The van der Waals surface area contributed by atoms with Crippen molar-refractivity contribution in [3.8, 4) is 0 Å². The van der Waals surface area contributed by atoms with Crippen molar-refractivity contribution in [1.29, 1.82) is 0 Å². The summed E-state index contributed by atoms with van der Waals surface area (Å²) < 4.78 is 0. The summed E-state index contributed by atoms with van der Waals surface area (Å²) in [5.74, 6) is 0.0408. The molecule has 1 saturated heterocycles. The number of piperidine rings is 1. The molecule has 1 heterocycles. The number of halogens is 1. The maximum absolute atomic E-state index is 12.1. The topological polar surface area (TPSA) is 32.3 Å². The van der Waals surface area contributed by atoms with E-state index >= 15 is 0 Å². The molecule has 1 aliphatic rings. The minimum atomic E-state index is 0.0408. The van der Waals surface area contributed by atoms with Crippen LogP contribution in [-0.2, 0) is 4.79 Å². The third-order valence-electron chi connectivity index (χ3n) is 3.76. The quantitative estimate of drug-likeness (QED) is 0.920. The summed E-state index contributed by atoms with van der Waals surface area (Å²) in [6.45, 7) is 5.64. The smallest absolute Gasteiger partial charge is 0.238 e. The predicted octanol–water partition coefficient (Wildman–Crippen LogP) is 3.46. The number of carbonyl (C=O) groups excluding carboxylic acids is 1. The minimum Gasteiger partial charge on any atom is -0.325 e. The molecular weight excluding hydrogens is 260 g/mol. The molecule has 1 amide bonds. The van der Waals surface area contributed by atoms with E-state index in [1.807, 2.05) is 19.1 Å². The van der Waals surface area contributed by atoms with Crippen molar-refractivity contribution in [3.05, 3.63) is 28.8 Å². The van der Waals surface area contributed by atoms with Gasteiger partial charge in [-0.1, -0.05) is 24.1 Å². The Kier molecular flexibility index (Phi) is 4.83. The number of amides is 1. The van der Waals surface area contributed by atoms with Gasteiger partial charge in [-0.15, -0.1) is 0 Å². The maximum Gasteiger partial charge on any atom is 0.238 e. The summed E-state index contributed by atoms with van der Waals surface area (Å²) in [7, 11) is 0. The lowest BCUT2D eigenvalue weighted by Gasteiger charge is -2.32. The zero-order chi connectivity index (χ0) is 13.8. The minimum absolute atomic E-state index is 0.0408. The molecule has 3 nitrogen and oxygen atoms in total. The summed E-state index contributed by atoms with van der Waals surface area (Å²) in [5, 5.41) is 3.60. The molecule has 0 aromatic heterocycles. The lowest BCUT2D eigenvalue weighted by atomic mass is 10.0. The number of nitrogens with one attached hydrogen (secondary N) is 1. The first-order chi connectivity index (χ1) is 9.06. The van der Waals surface area contributed by atoms with Gasteiger partial charge in [-0.25, -0.2) is 0 Å². The third kappa shape index (κ3) is 3.95. The highest BCUT2D eigenvalue weighted by Gasteiger charge is 2.20. The van der Waals surface area contributed by atoms with Gasteiger partial charge in [0.15, 0.2) is 0 Å².